The lowest BCUT2D eigenvalue weighted by molar-refractivity contribution is -0.436. The van der Waals surface area contributed by atoms with E-state index < -0.39 is 98.0 Å². The molecule has 0 aromatic carbocycles. The van der Waals surface area contributed by atoms with Crippen LogP contribution in [-0.2, 0) is 47.8 Å². The Kier molecular flexibility index (Phi) is 11.0. The number of ether oxygens (including phenoxy) is 4. The van der Waals surface area contributed by atoms with Crippen molar-refractivity contribution in [2.24, 2.45) is 23.7 Å². The van der Waals surface area contributed by atoms with Gasteiger partial charge >= 0.3 is 30.0 Å². The number of nitrogens with zero attached hydrogens (tertiary/aromatic N) is 2. The van der Waals surface area contributed by atoms with E-state index >= 15 is 0 Å². The smallest absolute Gasteiger partial charge is 0.352 e. The number of esters is 4. The molecule has 0 aromatic heterocycles. The predicted octanol–water partition coefficient (Wildman–Crippen LogP) is 4.98. The molecule has 0 spiro atoms. The summed E-state index contributed by atoms with van der Waals surface area (Å²) in [7, 11) is 3.05. The van der Waals surface area contributed by atoms with Crippen molar-refractivity contribution in [2.75, 3.05) is 14.2 Å². The van der Waals surface area contributed by atoms with E-state index in [1.807, 2.05) is 111 Å². The normalized spacial score (nSPS) is 32.8. The lowest BCUT2D eigenvalue weighted by Gasteiger charge is -2.40. The summed E-state index contributed by atoms with van der Waals surface area (Å²) in [6, 6.07) is 0. The summed E-state index contributed by atoms with van der Waals surface area (Å²) < 4.78 is 24.4. The Balaban J connectivity index is 1.86. The van der Waals surface area contributed by atoms with E-state index in [0.717, 1.165) is 0 Å². The molecule has 4 heterocycles. The molecule has 53 heavy (non-hydrogen) atoms. The van der Waals surface area contributed by atoms with Crippen molar-refractivity contribution in [2.45, 2.75) is 187 Å². The maximum absolute atomic E-state index is 14.6. The SMILES string of the molecule is CON1C(C)(C)CC(C(=O)OC(OC(=O)C2CC(C)(C)NC2(C)C)(OC(=O)C2CC(C)(C)NC2(C)C)OC(=O)C2CC(C)(C)N(OC)C2(C)C)C1(C)C. The van der Waals surface area contributed by atoms with Crippen molar-refractivity contribution >= 4 is 23.9 Å². The van der Waals surface area contributed by atoms with Gasteiger partial charge in [-0.15, -0.1) is 0 Å². The van der Waals surface area contributed by atoms with Gasteiger partial charge in [0, 0.05) is 33.2 Å². The molecular formula is C39H68N4O10. The number of nitrogens with one attached hydrogen (secondary N) is 2. The standard InChI is InChI=1S/C39H68N4O10/c1-31(2)19-23(35(9,10)40-31)27(44)50-39(51-28(45)24-20-32(3,4)41-36(24,11)12,52-29(46)25-21-33(5,6)42(48-17)37(25,13)14)53-30(47)26-22-34(7,8)43(49-18)38(26,15)16/h23-26,40-41H,19-22H2,1-18H3. The lowest BCUT2D eigenvalue weighted by Crippen LogP contribution is -2.56. The molecule has 0 aliphatic carbocycles. The summed E-state index contributed by atoms with van der Waals surface area (Å²) in [6.45, 7) is 30.3. The molecule has 0 radical (unpaired) electrons. The second-order valence-corrected chi connectivity index (χ2v) is 20.6. The molecule has 4 saturated heterocycles. The maximum atomic E-state index is 14.6. The Morgan fingerprint density at radius 1 is 0.472 bits per heavy atom. The van der Waals surface area contributed by atoms with Gasteiger partial charge in [-0.05, 0) is 136 Å². The van der Waals surface area contributed by atoms with Crippen LogP contribution in [0.3, 0.4) is 0 Å². The van der Waals surface area contributed by atoms with Crippen LogP contribution in [0, 0.1) is 23.7 Å². The third-order valence-corrected chi connectivity index (χ3v) is 12.2. The average molecular weight is 753 g/mol. The largest absolute Gasteiger partial charge is 0.619 e. The highest BCUT2D eigenvalue weighted by atomic mass is 17.0. The van der Waals surface area contributed by atoms with Gasteiger partial charge in [0.25, 0.3) is 0 Å². The molecule has 0 saturated carbocycles. The fourth-order valence-corrected chi connectivity index (χ4v) is 10.4. The first-order chi connectivity index (χ1) is 23.7. The van der Waals surface area contributed by atoms with Gasteiger partial charge in [-0.1, -0.05) is 0 Å². The molecule has 4 unspecified atom stereocenters. The Labute approximate surface area is 316 Å². The van der Waals surface area contributed by atoms with Gasteiger partial charge in [0.05, 0.1) is 49.0 Å². The molecule has 0 bridgehead atoms. The number of carbonyl (C=O) groups is 4. The van der Waals surface area contributed by atoms with Crippen LogP contribution in [0.25, 0.3) is 0 Å². The van der Waals surface area contributed by atoms with Crippen LogP contribution in [0.15, 0.2) is 0 Å². The third kappa shape index (κ3) is 8.14. The zero-order valence-corrected chi connectivity index (χ0v) is 35.6. The van der Waals surface area contributed by atoms with Crippen molar-refractivity contribution in [3.05, 3.63) is 0 Å². The van der Waals surface area contributed by atoms with Crippen molar-refractivity contribution in [3.8, 4) is 0 Å². The molecule has 0 amide bonds. The minimum atomic E-state index is -3.20. The molecule has 4 fully saturated rings. The van der Waals surface area contributed by atoms with Crippen molar-refractivity contribution in [1.82, 2.24) is 20.8 Å². The summed E-state index contributed by atoms with van der Waals surface area (Å²) in [5.74, 6) is -6.88. The number of rotatable bonds is 10. The number of hydroxylamine groups is 4. The number of hydrogen-bond donors (Lipinski definition) is 2. The second kappa shape index (κ2) is 13.4. The second-order valence-electron chi connectivity index (χ2n) is 20.6. The summed E-state index contributed by atoms with van der Waals surface area (Å²) >= 11 is 0. The third-order valence-electron chi connectivity index (χ3n) is 12.2. The van der Waals surface area contributed by atoms with Crippen molar-refractivity contribution < 1.29 is 47.8 Å². The zero-order valence-electron chi connectivity index (χ0n) is 35.6. The minimum absolute atomic E-state index is 0.271. The van der Waals surface area contributed by atoms with Crippen LogP contribution in [0.2, 0.25) is 0 Å². The van der Waals surface area contributed by atoms with Crippen molar-refractivity contribution in [3.63, 3.8) is 0 Å². The Morgan fingerprint density at radius 3 is 0.943 bits per heavy atom. The molecular weight excluding hydrogens is 684 g/mol. The van der Waals surface area contributed by atoms with Crippen LogP contribution in [0.4, 0.5) is 0 Å². The van der Waals surface area contributed by atoms with Crippen LogP contribution in [0.5, 0.6) is 0 Å². The summed E-state index contributed by atoms with van der Waals surface area (Å²) in [5.41, 5.74) is -5.58. The van der Waals surface area contributed by atoms with E-state index in [4.69, 9.17) is 28.6 Å². The van der Waals surface area contributed by atoms with E-state index in [9.17, 15) is 19.2 Å². The summed E-state index contributed by atoms with van der Waals surface area (Å²) in [5, 5.41) is 10.3. The van der Waals surface area contributed by atoms with E-state index in [2.05, 4.69) is 10.6 Å². The molecule has 4 aliphatic heterocycles. The molecule has 14 nitrogen and oxygen atoms in total. The maximum Gasteiger partial charge on any atom is 0.619 e. The molecule has 304 valence electrons. The molecule has 4 rings (SSSR count). The monoisotopic (exact) mass is 752 g/mol. The summed E-state index contributed by atoms with van der Waals surface area (Å²) in [6.07, 6.45) is -1.97. The Hall–Kier alpha value is -2.36. The highest BCUT2D eigenvalue weighted by Crippen LogP contribution is 2.49. The lowest BCUT2D eigenvalue weighted by atomic mass is 9.87. The highest BCUT2D eigenvalue weighted by molar-refractivity contribution is 5.81. The average Bonchev–Trinajstić information content (AvgIpc) is 3.48. The molecule has 0 aromatic rings. The fourth-order valence-electron chi connectivity index (χ4n) is 10.4. The molecule has 4 aliphatic rings. The fraction of sp³-hybridized carbons (Fsp3) is 0.897. The van der Waals surface area contributed by atoms with Gasteiger partial charge in [0.2, 0.25) is 0 Å². The quantitative estimate of drug-likeness (QED) is 0.228. The number of carbonyl (C=O) groups excluding carboxylic acids is 4. The van der Waals surface area contributed by atoms with Gasteiger partial charge < -0.3 is 39.3 Å². The zero-order chi connectivity index (χ0) is 40.8. The van der Waals surface area contributed by atoms with Gasteiger partial charge in [-0.3, -0.25) is 19.2 Å². The summed E-state index contributed by atoms with van der Waals surface area (Å²) in [4.78, 5) is 69.6. The first kappa shape index (κ1) is 43.4. The van der Waals surface area contributed by atoms with Gasteiger partial charge in [0.1, 0.15) is 0 Å². The van der Waals surface area contributed by atoms with Crippen LogP contribution in [-0.4, -0.2) is 98.7 Å². The number of hydrogen-bond acceptors (Lipinski definition) is 14. The Bertz CT molecular complexity index is 1360. The first-order valence-corrected chi connectivity index (χ1v) is 18.9. The molecule has 14 heteroatoms. The van der Waals surface area contributed by atoms with Crippen molar-refractivity contribution in [1.29, 1.82) is 0 Å². The van der Waals surface area contributed by atoms with Gasteiger partial charge in [-0.2, -0.15) is 10.1 Å². The molecule has 4 atom stereocenters. The van der Waals surface area contributed by atoms with E-state index in [0.29, 0.717) is 12.8 Å². The van der Waals surface area contributed by atoms with Gasteiger partial charge in [-0.25, -0.2) is 0 Å². The highest BCUT2D eigenvalue weighted by Gasteiger charge is 2.64. The van der Waals surface area contributed by atoms with Crippen LogP contribution >= 0.6 is 0 Å². The van der Waals surface area contributed by atoms with E-state index in [1.54, 1.807) is 10.1 Å². The topological polar surface area (TPSA) is 154 Å². The van der Waals surface area contributed by atoms with E-state index in [-0.39, 0.29) is 12.8 Å². The molecule has 2 N–H and O–H groups in total. The van der Waals surface area contributed by atoms with Crippen LogP contribution in [0.1, 0.15) is 136 Å². The minimum Gasteiger partial charge on any atom is -0.352 e. The predicted molar refractivity (Wildman–Crippen MR) is 196 cm³/mol. The first-order valence-electron chi connectivity index (χ1n) is 18.9. The van der Waals surface area contributed by atoms with E-state index in [1.165, 1.54) is 14.2 Å². The van der Waals surface area contributed by atoms with Gasteiger partial charge in [0.15, 0.2) is 0 Å². The Morgan fingerprint density at radius 2 is 0.736 bits per heavy atom. The van der Waals surface area contributed by atoms with Crippen LogP contribution < -0.4 is 10.6 Å².